The summed E-state index contributed by atoms with van der Waals surface area (Å²) in [5, 5.41) is 4.28. The molecule has 0 spiro atoms. The first-order chi connectivity index (χ1) is 12.2. The van der Waals surface area contributed by atoms with Gasteiger partial charge in [0.05, 0.1) is 6.20 Å². The third-order valence-corrected chi connectivity index (χ3v) is 5.93. The maximum Gasteiger partial charge on any atom is 0.277 e. The Hall–Kier alpha value is -2.21. The van der Waals surface area contributed by atoms with Gasteiger partial charge < -0.3 is 4.90 Å². The molecule has 3 heterocycles. The third-order valence-electron chi connectivity index (χ3n) is 5.44. The number of rotatable bonds is 1. The Morgan fingerprint density at radius 3 is 2.92 bits per heavy atom. The van der Waals surface area contributed by atoms with Crippen molar-refractivity contribution in [1.29, 1.82) is 0 Å². The maximum absolute atomic E-state index is 13.5. The van der Waals surface area contributed by atoms with Crippen molar-refractivity contribution < 1.29 is 4.79 Å². The Labute approximate surface area is 153 Å². The summed E-state index contributed by atoms with van der Waals surface area (Å²) in [6, 6.07) is 10.1. The second kappa shape index (κ2) is 5.66. The van der Waals surface area contributed by atoms with Crippen LogP contribution in [0.3, 0.4) is 0 Å². The molecule has 0 bridgehead atoms. The maximum atomic E-state index is 13.5. The molecule has 1 fully saturated rings. The van der Waals surface area contributed by atoms with E-state index in [4.69, 9.17) is 0 Å². The van der Waals surface area contributed by atoms with Gasteiger partial charge in [-0.05, 0) is 42.7 Å². The van der Waals surface area contributed by atoms with Gasteiger partial charge in [0, 0.05) is 34.4 Å². The summed E-state index contributed by atoms with van der Waals surface area (Å²) in [5.41, 5.74) is 3.59. The van der Waals surface area contributed by atoms with Crippen LogP contribution in [0.5, 0.6) is 0 Å². The standard InChI is InChI=1S/C19H17BrN4O/c20-12-5-6-16-14(11-12)13-3-1-2-4-15(13)23(16)19(25)17-7-9-21-18-8-10-22-24(17)18/h5-11,13,15H,1-4H2/t13-,15-/m0/s1. The molecule has 5 nitrogen and oxygen atoms in total. The minimum atomic E-state index is 0.00840. The molecule has 2 aliphatic rings. The summed E-state index contributed by atoms with van der Waals surface area (Å²) >= 11 is 3.58. The van der Waals surface area contributed by atoms with Gasteiger partial charge in [-0.1, -0.05) is 28.8 Å². The predicted octanol–water partition coefficient (Wildman–Crippen LogP) is 4.18. The number of aromatic nitrogens is 3. The minimum Gasteiger partial charge on any atom is -0.303 e. The fraction of sp³-hybridized carbons (Fsp3) is 0.316. The summed E-state index contributed by atoms with van der Waals surface area (Å²) in [5.74, 6) is 0.439. The molecule has 0 N–H and O–H groups in total. The Balaban J connectivity index is 1.65. The minimum absolute atomic E-state index is 0.00840. The second-order valence-electron chi connectivity index (χ2n) is 6.77. The van der Waals surface area contributed by atoms with E-state index in [9.17, 15) is 4.79 Å². The smallest absolute Gasteiger partial charge is 0.277 e. The summed E-state index contributed by atoms with van der Waals surface area (Å²) in [7, 11) is 0. The molecule has 1 aliphatic carbocycles. The van der Waals surface area contributed by atoms with Crippen molar-refractivity contribution in [2.45, 2.75) is 37.6 Å². The highest BCUT2D eigenvalue weighted by Crippen LogP contribution is 2.49. The summed E-state index contributed by atoms with van der Waals surface area (Å²) < 4.78 is 2.71. The Morgan fingerprint density at radius 2 is 2.00 bits per heavy atom. The van der Waals surface area contributed by atoms with Gasteiger partial charge in [0.1, 0.15) is 5.69 Å². The number of hydrogen-bond donors (Lipinski definition) is 0. The molecule has 1 amide bonds. The van der Waals surface area contributed by atoms with Crippen LogP contribution < -0.4 is 4.90 Å². The van der Waals surface area contributed by atoms with Crippen LogP contribution in [0.25, 0.3) is 5.65 Å². The van der Waals surface area contributed by atoms with Crippen molar-refractivity contribution in [3.8, 4) is 0 Å². The monoisotopic (exact) mass is 396 g/mol. The predicted molar refractivity (Wildman–Crippen MR) is 98.9 cm³/mol. The number of benzene rings is 1. The van der Waals surface area contributed by atoms with Gasteiger partial charge in [-0.3, -0.25) is 4.79 Å². The zero-order valence-corrected chi connectivity index (χ0v) is 15.2. The molecule has 0 radical (unpaired) electrons. The zero-order chi connectivity index (χ0) is 17.0. The third kappa shape index (κ3) is 2.24. The Bertz CT molecular complexity index is 982. The van der Waals surface area contributed by atoms with E-state index in [1.807, 2.05) is 17.0 Å². The fourth-order valence-corrected chi connectivity index (χ4v) is 4.76. The number of fused-ring (bicyclic) bond motifs is 4. The van der Waals surface area contributed by atoms with Gasteiger partial charge in [-0.15, -0.1) is 0 Å². The van der Waals surface area contributed by atoms with Crippen LogP contribution in [0.2, 0.25) is 0 Å². The molecule has 1 aromatic carbocycles. The molecule has 5 rings (SSSR count). The van der Waals surface area contributed by atoms with Crippen LogP contribution in [-0.4, -0.2) is 26.5 Å². The molecule has 0 unspecified atom stereocenters. The van der Waals surface area contributed by atoms with Gasteiger partial charge in [0.15, 0.2) is 5.65 Å². The van der Waals surface area contributed by atoms with E-state index in [0.717, 1.165) is 23.0 Å². The Kier molecular flexibility index (Phi) is 3.41. The van der Waals surface area contributed by atoms with Gasteiger partial charge in [0.25, 0.3) is 5.91 Å². The van der Waals surface area contributed by atoms with Crippen molar-refractivity contribution in [2.75, 3.05) is 4.90 Å². The molecule has 1 aliphatic heterocycles. The molecular formula is C19H17BrN4O. The van der Waals surface area contributed by atoms with E-state index < -0.39 is 0 Å². The topological polar surface area (TPSA) is 50.5 Å². The summed E-state index contributed by atoms with van der Waals surface area (Å²) in [6.07, 6.45) is 7.96. The lowest BCUT2D eigenvalue weighted by Gasteiger charge is -2.32. The van der Waals surface area contributed by atoms with E-state index >= 15 is 0 Å². The van der Waals surface area contributed by atoms with Crippen LogP contribution in [-0.2, 0) is 0 Å². The number of amides is 1. The molecule has 6 heteroatoms. The molecule has 2 aromatic heterocycles. The lowest BCUT2D eigenvalue weighted by Crippen LogP contribution is -2.41. The number of nitrogens with zero attached hydrogens (tertiary/aromatic N) is 4. The largest absolute Gasteiger partial charge is 0.303 e. The van der Waals surface area contributed by atoms with Gasteiger partial charge in [0.2, 0.25) is 0 Å². The first-order valence-corrected chi connectivity index (χ1v) is 9.45. The van der Waals surface area contributed by atoms with Crippen LogP contribution >= 0.6 is 15.9 Å². The Morgan fingerprint density at radius 1 is 1.12 bits per heavy atom. The van der Waals surface area contributed by atoms with Crippen LogP contribution in [0.1, 0.15) is 47.7 Å². The lowest BCUT2D eigenvalue weighted by atomic mass is 9.82. The first-order valence-electron chi connectivity index (χ1n) is 8.66. The molecule has 3 aromatic rings. The fourth-order valence-electron chi connectivity index (χ4n) is 4.38. The van der Waals surface area contributed by atoms with Crippen LogP contribution in [0, 0.1) is 0 Å². The zero-order valence-electron chi connectivity index (χ0n) is 13.6. The van der Waals surface area contributed by atoms with Crippen LogP contribution in [0.15, 0.2) is 47.2 Å². The van der Waals surface area contributed by atoms with Gasteiger partial charge in [-0.25, -0.2) is 9.50 Å². The number of carbonyl (C=O) groups is 1. The molecule has 2 atom stereocenters. The highest BCUT2D eigenvalue weighted by Gasteiger charge is 2.43. The SMILES string of the molecule is O=C(c1ccnc2ccnn12)N1c2ccc(Br)cc2[C@@H]2CCCC[C@@H]21. The van der Waals surface area contributed by atoms with Crippen molar-refractivity contribution in [2.24, 2.45) is 0 Å². The van der Waals surface area contributed by atoms with E-state index in [-0.39, 0.29) is 11.9 Å². The molecule has 0 saturated heterocycles. The number of halogens is 1. The second-order valence-corrected chi connectivity index (χ2v) is 7.68. The summed E-state index contributed by atoms with van der Waals surface area (Å²) in [6.45, 7) is 0. The lowest BCUT2D eigenvalue weighted by molar-refractivity contribution is 0.0965. The number of carbonyl (C=O) groups excluding carboxylic acids is 1. The van der Waals surface area contributed by atoms with Gasteiger partial charge in [-0.2, -0.15) is 5.10 Å². The molecule has 25 heavy (non-hydrogen) atoms. The van der Waals surface area contributed by atoms with Gasteiger partial charge >= 0.3 is 0 Å². The van der Waals surface area contributed by atoms with E-state index in [1.54, 1.807) is 23.0 Å². The van der Waals surface area contributed by atoms with E-state index in [1.165, 1.54) is 18.4 Å². The molecule has 126 valence electrons. The first kappa shape index (κ1) is 15.1. The molecular weight excluding hydrogens is 380 g/mol. The van der Waals surface area contributed by atoms with Crippen molar-refractivity contribution in [3.05, 3.63) is 58.5 Å². The summed E-state index contributed by atoms with van der Waals surface area (Å²) in [4.78, 5) is 19.8. The number of anilines is 1. The van der Waals surface area contributed by atoms with Crippen molar-refractivity contribution in [3.63, 3.8) is 0 Å². The average molecular weight is 397 g/mol. The normalized spacial score (nSPS) is 22.0. The quantitative estimate of drug-likeness (QED) is 0.619. The number of hydrogen-bond acceptors (Lipinski definition) is 3. The van der Waals surface area contributed by atoms with E-state index in [0.29, 0.717) is 17.3 Å². The highest BCUT2D eigenvalue weighted by molar-refractivity contribution is 9.10. The van der Waals surface area contributed by atoms with Crippen LogP contribution in [0.4, 0.5) is 5.69 Å². The molecule has 1 saturated carbocycles. The highest BCUT2D eigenvalue weighted by atomic mass is 79.9. The average Bonchev–Trinajstić information content (AvgIpc) is 3.23. The van der Waals surface area contributed by atoms with E-state index in [2.05, 4.69) is 38.1 Å². The van der Waals surface area contributed by atoms with Crippen molar-refractivity contribution in [1.82, 2.24) is 14.6 Å². The van der Waals surface area contributed by atoms with Crippen molar-refractivity contribution >= 4 is 33.2 Å².